The quantitative estimate of drug-likeness (QED) is 0.596. The molecule has 0 saturated heterocycles. The van der Waals surface area contributed by atoms with Crippen molar-refractivity contribution >= 4 is 5.71 Å². The highest BCUT2D eigenvalue weighted by Gasteiger charge is 2.64. The van der Waals surface area contributed by atoms with Gasteiger partial charge in [0.2, 0.25) is 0 Å². The SMILES string of the molecule is CN(C)CCCO/N=C1\c2ccccc2OC2(c3ccccc3)CC12. The second-order valence-corrected chi connectivity index (χ2v) is 7.08. The third-order valence-electron chi connectivity index (χ3n) is 4.96. The van der Waals surface area contributed by atoms with Crippen LogP contribution >= 0.6 is 0 Å². The minimum atomic E-state index is -0.276. The zero-order valence-corrected chi connectivity index (χ0v) is 14.8. The topological polar surface area (TPSA) is 34.1 Å². The number of hydrogen-bond donors (Lipinski definition) is 0. The molecule has 0 bridgehead atoms. The number of nitrogens with zero attached hydrogens (tertiary/aromatic N) is 2. The summed E-state index contributed by atoms with van der Waals surface area (Å²) in [6.45, 7) is 1.64. The fourth-order valence-electron chi connectivity index (χ4n) is 3.60. The first-order valence-corrected chi connectivity index (χ1v) is 8.89. The Balaban J connectivity index is 1.58. The maximum atomic E-state index is 6.43. The molecule has 1 aliphatic heterocycles. The minimum Gasteiger partial charge on any atom is -0.481 e. The van der Waals surface area contributed by atoms with Crippen molar-refractivity contribution in [1.29, 1.82) is 0 Å². The van der Waals surface area contributed by atoms with Crippen LogP contribution < -0.4 is 4.74 Å². The molecule has 1 heterocycles. The zero-order valence-electron chi connectivity index (χ0n) is 14.8. The molecule has 0 radical (unpaired) electrons. The molecule has 1 fully saturated rings. The number of rotatable bonds is 6. The van der Waals surface area contributed by atoms with Crippen LogP contribution in [-0.2, 0) is 10.4 Å². The highest BCUT2D eigenvalue weighted by molar-refractivity contribution is 6.08. The second-order valence-electron chi connectivity index (χ2n) is 7.08. The molecule has 2 aliphatic rings. The monoisotopic (exact) mass is 336 g/mol. The Kier molecular flexibility index (Phi) is 4.22. The van der Waals surface area contributed by atoms with Gasteiger partial charge >= 0.3 is 0 Å². The minimum absolute atomic E-state index is 0.263. The van der Waals surface area contributed by atoms with E-state index in [1.54, 1.807) is 0 Å². The van der Waals surface area contributed by atoms with Crippen LogP contribution in [-0.4, -0.2) is 37.9 Å². The molecule has 2 aromatic rings. The van der Waals surface area contributed by atoms with Gasteiger partial charge in [-0.15, -0.1) is 0 Å². The summed E-state index contributed by atoms with van der Waals surface area (Å²) in [5.74, 6) is 1.16. The van der Waals surface area contributed by atoms with Crippen LogP contribution in [0.25, 0.3) is 0 Å². The van der Waals surface area contributed by atoms with E-state index in [-0.39, 0.29) is 11.5 Å². The summed E-state index contributed by atoms with van der Waals surface area (Å²) in [5, 5.41) is 4.53. The molecule has 0 N–H and O–H groups in total. The number of fused-ring (bicyclic) bond motifs is 2. The fraction of sp³-hybridized carbons (Fsp3) is 0.381. The zero-order chi connectivity index (χ0) is 17.3. The molecule has 130 valence electrons. The molecular weight excluding hydrogens is 312 g/mol. The molecule has 1 aliphatic carbocycles. The van der Waals surface area contributed by atoms with Crippen molar-refractivity contribution in [2.24, 2.45) is 11.1 Å². The van der Waals surface area contributed by atoms with Crippen LogP contribution in [0.4, 0.5) is 0 Å². The van der Waals surface area contributed by atoms with Crippen molar-refractivity contribution in [3.63, 3.8) is 0 Å². The van der Waals surface area contributed by atoms with E-state index in [0.717, 1.165) is 36.4 Å². The van der Waals surface area contributed by atoms with E-state index < -0.39 is 0 Å². The summed E-state index contributed by atoms with van der Waals surface area (Å²) in [7, 11) is 4.14. The number of para-hydroxylation sites is 1. The van der Waals surface area contributed by atoms with Crippen molar-refractivity contribution in [2.45, 2.75) is 18.4 Å². The molecule has 4 nitrogen and oxygen atoms in total. The lowest BCUT2D eigenvalue weighted by molar-refractivity contribution is 0.129. The van der Waals surface area contributed by atoms with Crippen LogP contribution in [0.5, 0.6) is 5.75 Å². The molecule has 2 unspecified atom stereocenters. The van der Waals surface area contributed by atoms with Gasteiger partial charge in [0.15, 0.2) is 0 Å². The summed E-state index contributed by atoms with van der Waals surface area (Å²) < 4.78 is 6.43. The van der Waals surface area contributed by atoms with Gasteiger partial charge in [-0.25, -0.2) is 0 Å². The predicted molar refractivity (Wildman–Crippen MR) is 99.0 cm³/mol. The smallest absolute Gasteiger partial charge is 0.143 e. The molecule has 0 aromatic heterocycles. The van der Waals surface area contributed by atoms with E-state index in [1.807, 2.05) is 24.3 Å². The van der Waals surface area contributed by atoms with Gasteiger partial charge in [-0.1, -0.05) is 47.6 Å². The van der Waals surface area contributed by atoms with Crippen molar-refractivity contribution in [1.82, 2.24) is 4.90 Å². The Morgan fingerprint density at radius 1 is 1.12 bits per heavy atom. The predicted octanol–water partition coefficient (Wildman–Crippen LogP) is 3.67. The van der Waals surface area contributed by atoms with Gasteiger partial charge in [0, 0.05) is 18.5 Å². The van der Waals surface area contributed by atoms with Crippen LogP contribution in [0.2, 0.25) is 0 Å². The van der Waals surface area contributed by atoms with Crippen molar-refractivity contribution < 1.29 is 9.57 Å². The molecule has 1 saturated carbocycles. The Labute approximate surface area is 149 Å². The summed E-state index contributed by atoms with van der Waals surface area (Å²) >= 11 is 0. The average molecular weight is 336 g/mol. The normalized spacial score (nSPS) is 25.2. The lowest BCUT2D eigenvalue weighted by Gasteiger charge is -2.27. The Hall–Kier alpha value is -2.33. The second kappa shape index (κ2) is 6.52. The molecule has 2 atom stereocenters. The van der Waals surface area contributed by atoms with Gasteiger partial charge in [-0.05, 0) is 38.2 Å². The third kappa shape index (κ3) is 3.02. The highest BCUT2D eigenvalue weighted by atomic mass is 16.6. The van der Waals surface area contributed by atoms with Gasteiger partial charge in [-0.3, -0.25) is 0 Å². The summed E-state index contributed by atoms with van der Waals surface area (Å²) in [4.78, 5) is 7.82. The first-order chi connectivity index (χ1) is 12.2. The van der Waals surface area contributed by atoms with Gasteiger partial charge in [0.05, 0.1) is 11.6 Å². The van der Waals surface area contributed by atoms with E-state index in [9.17, 15) is 0 Å². The maximum Gasteiger partial charge on any atom is 0.143 e. The highest BCUT2D eigenvalue weighted by Crippen LogP contribution is 2.60. The van der Waals surface area contributed by atoms with E-state index in [2.05, 4.69) is 54.5 Å². The third-order valence-corrected chi connectivity index (χ3v) is 4.96. The first-order valence-electron chi connectivity index (χ1n) is 8.89. The number of hydrogen-bond acceptors (Lipinski definition) is 4. The average Bonchev–Trinajstić information content (AvgIpc) is 3.36. The largest absolute Gasteiger partial charge is 0.481 e. The molecule has 0 spiro atoms. The number of oxime groups is 1. The van der Waals surface area contributed by atoms with Gasteiger partial charge in [-0.2, -0.15) is 0 Å². The van der Waals surface area contributed by atoms with Crippen LogP contribution in [0.3, 0.4) is 0 Å². The van der Waals surface area contributed by atoms with E-state index in [1.165, 1.54) is 5.56 Å². The number of ether oxygens (including phenoxy) is 1. The summed E-state index contributed by atoms with van der Waals surface area (Å²) in [6, 6.07) is 18.6. The summed E-state index contributed by atoms with van der Waals surface area (Å²) in [5.41, 5.74) is 3.02. The van der Waals surface area contributed by atoms with Gasteiger partial charge in [0.1, 0.15) is 18.0 Å². The molecular formula is C21H24N2O2. The molecule has 2 aromatic carbocycles. The van der Waals surface area contributed by atoms with Crippen molar-refractivity contribution in [3.8, 4) is 5.75 Å². The molecule has 4 heteroatoms. The summed E-state index contributed by atoms with van der Waals surface area (Å²) in [6.07, 6.45) is 1.92. The van der Waals surface area contributed by atoms with Crippen molar-refractivity contribution in [3.05, 3.63) is 65.7 Å². The van der Waals surface area contributed by atoms with Gasteiger partial charge in [0.25, 0.3) is 0 Å². The van der Waals surface area contributed by atoms with Gasteiger partial charge < -0.3 is 14.5 Å². The van der Waals surface area contributed by atoms with E-state index in [0.29, 0.717) is 6.61 Å². The fourth-order valence-corrected chi connectivity index (χ4v) is 3.60. The Morgan fingerprint density at radius 2 is 1.88 bits per heavy atom. The molecule has 25 heavy (non-hydrogen) atoms. The van der Waals surface area contributed by atoms with Crippen LogP contribution in [0, 0.1) is 5.92 Å². The Morgan fingerprint density at radius 3 is 2.68 bits per heavy atom. The lowest BCUT2D eigenvalue weighted by atomic mass is 9.96. The van der Waals surface area contributed by atoms with E-state index >= 15 is 0 Å². The lowest BCUT2D eigenvalue weighted by Crippen LogP contribution is -2.28. The Bertz CT molecular complexity index is 772. The van der Waals surface area contributed by atoms with Crippen molar-refractivity contribution in [2.75, 3.05) is 27.2 Å². The van der Waals surface area contributed by atoms with E-state index in [4.69, 9.17) is 9.57 Å². The molecule has 4 rings (SSSR count). The van der Waals surface area contributed by atoms with Crippen LogP contribution in [0.1, 0.15) is 24.0 Å². The standard InChI is InChI=1S/C21H24N2O2/c1-23(2)13-8-14-24-22-20-17-11-6-7-12-19(17)25-21(15-18(20)21)16-9-4-3-5-10-16/h3-7,9-12,18H,8,13-15H2,1-2H3/b22-20+. The van der Waals surface area contributed by atoms with Crippen LogP contribution in [0.15, 0.2) is 59.8 Å². The maximum absolute atomic E-state index is 6.43. The molecule has 0 amide bonds. The number of benzene rings is 2. The first kappa shape index (κ1) is 16.2.